The number of benzene rings is 3. The number of fused-ring (bicyclic) bond motifs is 1. The van der Waals surface area contributed by atoms with Gasteiger partial charge in [-0.3, -0.25) is 9.52 Å². The van der Waals surface area contributed by atoms with Gasteiger partial charge in [0.2, 0.25) is 0 Å². The zero-order chi connectivity index (χ0) is 28.6. The van der Waals surface area contributed by atoms with Crippen molar-refractivity contribution in [1.29, 1.82) is 0 Å². The van der Waals surface area contributed by atoms with Crippen molar-refractivity contribution in [2.75, 3.05) is 11.4 Å². The minimum absolute atomic E-state index is 0.137. The number of carbonyl (C=O) groups is 1. The van der Waals surface area contributed by atoms with E-state index in [1.165, 1.54) is 16.7 Å². The fourth-order valence-corrected chi connectivity index (χ4v) is 5.85. The van der Waals surface area contributed by atoms with Crippen LogP contribution >= 0.6 is 35.1 Å². The van der Waals surface area contributed by atoms with E-state index in [2.05, 4.69) is 41.8 Å². The van der Waals surface area contributed by atoms with E-state index in [0.717, 1.165) is 35.4 Å². The average molecular weight is 594 g/mol. The third-order valence-corrected chi connectivity index (χ3v) is 8.20. The van der Waals surface area contributed by atoms with Crippen LogP contribution in [0.4, 0.5) is 5.69 Å². The molecule has 0 radical (unpaired) electrons. The molecule has 3 aromatic rings. The number of nitrogens with two attached hydrogens (primary N) is 1. The Bertz CT molecular complexity index is 1460. The number of carbonyl (C=O) groups excluding carboxylic acids is 1. The van der Waals surface area contributed by atoms with Crippen LogP contribution in [-0.4, -0.2) is 18.3 Å². The number of nitrogens with one attached hydrogen (secondary N) is 1. The number of anilines is 1. The summed E-state index contributed by atoms with van der Waals surface area (Å²) in [4.78, 5) is 21.2. The van der Waals surface area contributed by atoms with Crippen molar-refractivity contribution in [1.82, 2.24) is 4.72 Å². The van der Waals surface area contributed by atoms with Crippen LogP contribution in [-0.2, 0) is 6.42 Å². The largest absolute Gasteiger partial charge is 0.387 e. The van der Waals surface area contributed by atoms with E-state index in [9.17, 15) is 4.79 Å². The number of hydrogen-bond acceptors (Lipinski definition) is 4. The van der Waals surface area contributed by atoms with Crippen LogP contribution in [0.15, 0.2) is 100 Å². The average Bonchev–Trinajstić information content (AvgIpc) is 3.35. The quantitative estimate of drug-likeness (QED) is 0.107. The molecular weight excluding hydrogens is 559 g/mol. The Morgan fingerprint density at radius 2 is 1.93 bits per heavy atom. The lowest BCUT2D eigenvalue weighted by Gasteiger charge is -2.25. The first-order valence-electron chi connectivity index (χ1n) is 13.3. The monoisotopic (exact) mass is 592 g/mol. The lowest BCUT2D eigenvalue weighted by molar-refractivity contribution is 0.0989. The predicted octanol–water partition coefficient (Wildman–Crippen LogP) is 8.54. The molecule has 0 saturated heterocycles. The first-order chi connectivity index (χ1) is 19.2. The van der Waals surface area contributed by atoms with Gasteiger partial charge in [0.1, 0.15) is 0 Å². The van der Waals surface area contributed by atoms with E-state index >= 15 is 0 Å². The standard InChI is InChI=1S/C32H34Cl2N4OS/c1-4-21(2)16-23(19-36-22(3)35)20-38(32(39)28-10-5-6-11-30(28)34)26-14-12-24-13-15-31(29(24)18-26)37-40-27-9-7-8-25(33)17-27/h5-12,14,16-19,31,37H,4,13,15,20H2,1-3H3,(H2,35,36)/b21-16+,23-19+. The van der Waals surface area contributed by atoms with Crippen molar-refractivity contribution in [3.63, 3.8) is 0 Å². The number of nitrogens with zero attached hydrogens (tertiary/aromatic N) is 2. The van der Waals surface area contributed by atoms with Crippen molar-refractivity contribution in [3.8, 4) is 0 Å². The highest BCUT2D eigenvalue weighted by molar-refractivity contribution is 7.97. The van der Waals surface area contributed by atoms with Gasteiger partial charge in [-0.25, -0.2) is 4.99 Å². The summed E-state index contributed by atoms with van der Waals surface area (Å²) in [6, 6.07) is 21.3. The van der Waals surface area contributed by atoms with E-state index in [1.807, 2.05) is 42.5 Å². The summed E-state index contributed by atoms with van der Waals surface area (Å²) in [7, 11) is 0. The molecule has 40 heavy (non-hydrogen) atoms. The summed E-state index contributed by atoms with van der Waals surface area (Å²) in [5.74, 6) is 0.274. The molecule has 0 heterocycles. The molecule has 1 aliphatic carbocycles. The summed E-state index contributed by atoms with van der Waals surface area (Å²) < 4.78 is 3.61. The highest BCUT2D eigenvalue weighted by Gasteiger charge is 2.26. The van der Waals surface area contributed by atoms with E-state index in [-0.39, 0.29) is 11.9 Å². The number of amides is 1. The van der Waals surface area contributed by atoms with Crippen LogP contribution in [0, 0.1) is 0 Å². The van der Waals surface area contributed by atoms with Crippen LogP contribution < -0.4 is 15.4 Å². The van der Waals surface area contributed by atoms with Crippen LogP contribution in [0.3, 0.4) is 0 Å². The molecule has 4 rings (SSSR count). The van der Waals surface area contributed by atoms with E-state index < -0.39 is 0 Å². The molecule has 0 spiro atoms. The Balaban J connectivity index is 1.70. The molecule has 0 aliphatic heterocycles. The second-order valence-corrected chi connectivity index (χ2v) is 11.6. The molecule has 5 nitrogen and oxygen atoms in total. The molecule has 0 fully saturated rings. The second-order valence-electron chi connectivity index (χ2n) is 9.84. The molecule has 3 N–H and O–H groups in total. The number of amidine groups is 1. The van der Waals surface area contributed by atoms with Crippen molar-refractivity contribution in [2.45, 2.75) is 51.0 Å². The van der Waals surface area contributed by atoms with Gasteiger partial charge in [-0.2, -0.15) is 0 Å². The molecule has 3 aromatic carbocycles. The molecule has 208 valence electrons. The Morgan fingerprint density at radius 1 is 1.12 bits per heavy atom. The maximum atomic E-state index is 14.0. The normalized spacial score (nSPS) is 15.7. The van der Waals surface area contributed by atoms with Gasteiger partial charge in [0.15, 0.2) is 0 Å². The molecule has 1 amide bonds. The number of allylic oxidation sites excluding steroid dienone is 1. The van der Waals surface area contributed by atoms with Crippen molar-refractivity contribution >= 4 is 52.6 Å². The second kappa shape index (κ2) is 14.0. The topological polar surface area (TPSA) is 70.7 Å². The third kappa shape index (κ3) is 7.79. The molecule has 0 aromatic heterocycles. The van der Waals surface area contributed by atoms with E-state index in [0.29, 0.717) is 28.0 Å². The smallest absolute Gasteiger partial charge is 0.260 e. The number of rotatable bonds is 10. The van der Waals surface area contributed by atoms with E-state index in [4.69, 9.17) is 28.9 Å². The fourth-order valence-electron chi connectivity index (χ4n) is 4.52. The Labute approximate surface area is 251 Å². The molecule has 1 aliphatic rings. The van der Waals surface area contributed by atoms with Crippen LogP contribution in [0.25, 0.3) is 0 Å². The number of aliphatic imine (C=N–C) groups is 1. The van der Waals surface area contributed by atoms with Gasteiger partial charge in [0, 0.05) is 27.8 Å². The Hall–Kier alpha value is -3.03. The fraction of sp³-hybridized carbons (Fsp3) is 0.250. The van der Waals surface area contributed by atoms with Gasteiger partial charge < -0.3 is 10.6 Å². The highest BCUT2D eigenvalue weighted by Crippen LogP contribution is 2.37. The molecule has 8 heteroatoms. The minimum atomic E-state index is -0.178. The first kappa shape index (κ1) is 29.9. The number of aryl methyl sites for hydroxylation is 1. The third-order valence-electron chi connectivity index (χ3n) is 6.75. The molecule has 0 saturated carbocycles. The highest BCUT2D eigenvalue weighted by atomic mass is 35.5. The van der Waals surface area contributed by atoms with Crippen LogP contribution in [0.2, 0.25) is 10.0 Å². The van der Waals surface area contributed by atoms with Crippen molar-refractivity contribution < 1.29 is 4.79 Å². The summed E-state index contributed by atoms with van der Waals surface area (Å²) in [5.41, 5.74) is 11.6. The molecular formula is C32H34Cl2N4OS. The van der Waals surface area contributed by atoms with Gasteiger partial charge in [0.05, 0.1) is 23.0 Å². The maximum Gasteiger partial charge on any atom is 0.260 e. The van der Waals surface area contributed by atoms with Crippen molar-refractivity contribution in [3.05, 3.63) is 117 Å². The first-order valence-corrected chi connectivity index (χ1v) is 14.9. The minimum Gasteiger partial charge on any atom is -0.387 e. The van der Waals surface area contributed by atoms with Gasteiger partial charge in [-0.1, -0.05) is 66.0 Å². The van der Waals surface area contributed by atoms with Crippen molar-refractivity contribution in [2.24, 2.45) is 10.7 Å². The lowest BCUT2D eigenvalue weighted by atomic mass is 10.0. The maximum absolute atomic E-state index is 14.0. The summed E-state index contributed by atoms with van der Waals surface area (Å²) in [5, 5.41) is 1.12. The van der Waals surface area contributed by atoms with Gasteiger partial charge in [-0.05, 0) is 104 Å². The number of hydrogen-bond donors (Lipinski definition) is 2. The summed E-state index contributed by atoms with van der Waals surface area (Å²) in [6.45, 7) is 6.22. The zero-order valence-corrected chi connectivity index (χ0v) is 25.3. The Morgan fingerprint density at radius 3 is 2.65 bits per heavy atom. The predicted molar refractivity (Wildman–Crippen MR) is 171 cm³/mol. The van der Waals surface area contributed by atoms with Crippen LogP contribution in [0.1, 0.15) is 61.1 Å². The van der Waals surface area contributed by atoms with Gasteiger partial charge in [-0.15, -0.1) is 0 Å². The SMILES string of the molecule is CC/C(C)=C/C(=C\N=C(C)N)CN(C(=O)c1ccccc1Cl)c1ccc2c(c1)C(NSc1cccc(Cl)c1)CC2. The summed E-state index contributed by atoms with van der Waals surface area (Å²) in [6.07, 6.45) is 6.63. The lowest BCUT2D eigenvalue weighted by Crippen LogP contribution is -2.33. The van der Waals surface area contributed by atoms with Crippen LogP contribution in [0.5, 0.6) is 0 Å². The van der Waals surface area contributed by atoms with Gasteiger partial charge in [0.25, 0.3) is 5.91 Å². The Kier molecular flexibility index (Phi) is 10.5. The molecule has 1 atom stereocenters. The number of halogens is 2. The van der Waals surface area contributed by atoms with E-state index in [1.54, 1.807) is 42.1 Å². The molecule has 1 unspecified atom stereocenters. The zero-order valence-electron chi connectivity index (χ0n) is 23.0. The summed E-state index contributed by atoms with van der Waals surface area (Å²) >= 11 is 14.2. The van der Waals surface area contributed by atoms with Gasteiger partial charge >= 0.3 is 0 Å². The molecule has 0 bridgehead atoms.